The topological polar surface area (TPSA) is 20.2 Å². The molecular formula is C12H15FO. The van der Waals surface area contributed by atoms with Crippen LogP contribution in [0, 0.1) is 18.7 Å². The van der Waals surface area contributed by atoms with E-state index in [0.717, 1.165) is 12.8 Å². The minimum atomic E-state index is -0.853. The summed E-state index contributed by atoms with van der Waals surface area (Å²) in [6.45, 7) is 3.50. The molecule has 1 nitrogen and oxygen atoms in total. The van der Waals surface area contributed by atoms with Crippen molar-refractivity contribution in [3.05, 3.63) is 35.1 Å². The first-order valence-corrected chi connectivity index (χ1v) is 5.01. The molecule has 0 spiro atoms. The summed E-state index contributed by atoms with van der Waals surface area (Å²) < 4.78 is 13.3. The zero-order chi connectivity index (χ0) is 10.3. The van der Waals surface area contributed by atoms with Gasteiger partial charge in [0.25, 0.3) is 0 Å². The summed E-state index contributed by atoms with van der Waals surface area (Å²) in [7, 11) is 0. The van der Waals surface area contributed by atoms with Gasteiger partial charge in [-0.1, -0.05) is 12.1 Å². The van der Waals surface area contributed by atoms with Crippen LogP contribution in [0.4, 0.5) is 4.39 Å². The molecule has 0 amide bonds. The lowest BCUT2D eigenvalue weighted by Gasteiger charge is -2.23. The molecule has 1 aliphatic rings. The van der Waals surface area contributed by atoms with E-state index in [4.69, 9.17) is 0 Å². The van der Waals surface area contributed by atoms with Crippen LogP contribution >= 0.6 is 0 Å². The van der Waals surface area contributed by atoms with Crippen molar-refractivity contribution in [2.45, 2.75) is 32.3 Å². The molecule has 76 valence electrons. The predicted octanol–water partition coefficient (Wildman–Crippen LogP) is 2.75. The number of halogens is 1. The van der Waals surface area contributed by atoms with Gasteiger partial charge in [0.2, 0.25) is 0 Å². The molecule has 1 fully saturated rings. The van der Waals surface area contributed by atoms with Gasteiger partial charge in [-0.15, -0.1) is 0 Å². The first-order chi connectivity index (χ1) is 6.51. The molecule has 14 heavy (non-hydrogen) atoms. The zero-order valence-corrected chi connectivity index (χ0v) is 8.55. The largest absolute Gasteiger partial charge is 0.385 e. The fraction of sp³-hybridized carbons (Fsp3) is 0.500. The Morgan fingerprint density at radius 3 is 2.57 bits per heavy atom. The molecule has 1 saturated carbocycles. The van der Waals surface area contributed by atoms with Crippen LogP contribution in [0.3, 0.4) is 0 Å². The van der Waals surface area contributed by atoms with Crippen LogP contribution in [-0.4, -0.2) is 5.11 Å². The van der Waals surface area contributed by atoms with Crippen molar-refractivity contribution in [2.24, 2.45) is 5.92 Å². The van der Waals surface area contributed by atoms with Gasteiger partial charge in [0.15, 0.2) is 0 Å². The Hall–Kier alpha value is -0.890. The van der Waals surface area contributed by atoms with Crippen molar-refractivity contribution in [3.8, 4) is 0 Å². The van der Waals surface area contributed by atoms with Gasteiger partial charge in [0.05, 0.1) is 5.60 Å². The van der Waals surface area contributed by atoms with Gasteiger partial charge in [-0.3, -0.25) is 0 Å². The van der Waals surface area contributed by atoms with Gasteiger partial charge < -0.3 is 5.11 Å². The third-order valence-electron chi connectivity index (χ3n) is 3.13. The number of aliphatic hydroxyl groups is 1. The highest BCUT2D eigenvalue weighted by Gasteiger charge is 2.41. The Bertz CT molecular complexity index is 353. The molecule has 1 aromatic rings. The number of aryl methyl sites for hydroxylation is 1. The van der Waals surface area contributed by atoms with Crippen LogP contribution in [0.2, 0.25) is 0 Å². The molecule has 2 heteroatoms. The van der Waals surface area contributed by atoms with E-state index in [1.54, 1.807) is 19.9 Å². The molecule has 0 heterocycles. The summed E-state index contributed by atoms with van der Waals surface area (Å²) >= 11 is 0. The van der Waals surface area contributed by atoms with E-state index in [-0.39, 0.29) is 5.82 Å². The summed E-state index contributed by atoms with van der Waals surface area (Å²) in [4.78, 5) is 0. The van der Waals surface area contributed by atoms with E-state index < -0.39 is 5.60 Å². The highest BCUT2D eigenvalue weighted by Crippen LogP contribution is 2.45. The normalized spacial score (nSPS) is 20.6. The zero-order valence-electron chi connectivity index (χ0n) is 8.55. The molecule has 0 aromatic heterocycles. The van der Waals surface area contributed by atoms with Crippen LogP contribution in [0.5, 0.6) is 0 Å². The van der Waals surface area contributed by atoms with Crippen LogP contribution in [0.25, 0.3) is 0 Å². The number of hydrogen-bond donors (Lipinski definition) is 1. The van der Waals surface area contributed by atoms with Crippen LogP contribution < -0.4 is 0 Å². The van der Waals surface area contributed by atoms with Gasteiger partial charge in [-0.25, -0.2) is 4.39 Å². The summed E-state index contributed by atoms with van der Waals surface area (Å²) in [6.07, 6.45) is 2.09. The maximum Gasteiger partial charge on any atom is 0.126 e. The second-order valence-corrected chi connectivity index (χ2v) is 4.39. The lowest BCUT2D eigenvalue weighted by Crippen LogP contribution is -2.23. The molecular weight excluding hydrogens is 179 g/mol. The van der Waals surface area contributed by atoms with Crippen LogP contribution in [0.15, 0.2) is 18.2 Å². The first-order valence-electron chi connectivity index (χ1n) is 5.01. The predicted molar refractivity (Wildman–Crippen MR) is 53.4 cm³/mol. The molecule has 2 rings (SSSR count). The summed E-state index contributed by atoms with van der Waals surface area (Å²) in [5, 5.41) is 10.2. The molecule has 0 radical (unpaired) electrons. The average Bonchev–Trinajstić information content (AvgIpc) is 2.92. The summed E-state index contributed by atoms with van der Waals surface area (Å²) in [6, 6.07) is 4.99. The second kappa shape index (κ2) is 3.06. The fourth-order valence-electron chi connectivity index (χ4n) is 1.79. The van der Waals surface area contributed by atoms with Gasteiger partial charge >= 0.3 is 0 Å². The lowest BCUT2D eigenvalue weighted by atomic mass is 9.90. The maximum atomic E-state index is 13.3. The number of hydrogen-bond acceptors (Lipinski definition) is 1. The minimum absolute atomic E-state index is 0.233. The van der Waals surface area contributed by atoms with E-state index in [9.17, 15) is 9.50 Å². The van der Waals surface area contributed by atoms with Crippen molar-refractivity contribution < 1.29 is 9.50 Å². The molecule has 1 aliphatic carbocycles. The molecule has 0 unspecified atom stereocenters. The van der Waals surface area contributed by atoms with Crippen molar-refractivity contribution in [1.82, 2.24) is 0 Å². The second-order valence-electron chi connectivity index (χ2n) is 4.39. The third kappa shape index (κ3) is 1.55. The number of rotatable bonds is 2. The third-order valence-corrected chi connectivity index (χ3v) is 3.13. The van der Waals surface area contributed by atoms with Crippen molar-refractivity contribution in [2.75, 3.05) is 0 Å². The molecule has 0 aliphatic heterocycles. The summed E-state index contributed by atoms with van der Waals surface area (Å²) in [5.41, 5.74) is 0.470. The molecule has 1 atom stereocenters. The average molecular weight is 194 g/mol. The lowest BCUT2D eigenvalue weighted by molar-refractivity contribution is 0.0327. The highest BCUT2D eigenvalue weighted by atomic mass is 19.1. The standard InChI is InChI=1S/C12H15FO/c1-8-3-4-10(7-11(8)13)12(2,14)9-5-6-9/h3-4,7,9,14H,5-6H2,1-2H3/t12-/m1/s1. The first kappa shape index (κ1) is 9.66. The van der Waals surface area contributed by atoms with Crippen molar-refractivity contribution >= 4 is 0 Å². The Balaban J connectivity index is 2.36. The van der Waals surface area contributed by atoms with E-state index in [1.807, 2.05) is 6.07 Å². The van der Waals surface area contributed by atoms with Crippen molar-refractivity contribution in [1.29, 1.82) is 0 Å². The van der Waals surface area contributed by atoms with Gasteiger partial charge in [-0.05, 0) is 49.8 Å². The molecule has 1 aromatic carbocycles. The Morgan fingerprint density at radius 2 is 2.07 bits per heavy atom. The van der Waals surface area contributed by atoms with E-state index in [2.05, 4.69) is 0 Å². The monoisotopic (exact) mass is 194 g/mol. The minimum Gasteiger partial charge on any atom is -0.385 e. The van der Waals surface area contributed by atoms with Crippen LogP contribution in [-0.2, 0) is 5.60 Å². The Morgan fingerprint density at radius 1 is 1.43 bits per heavy atom. The van der Waals surface area contributed by atoms with E-state index in [1.165, 1.54) is 6.07 Å². The molecule has 0 saturated heterocycles. The Labute approximate surface area is 83.6 Å². The van der Waals surface area contributed by atoms with E-state index >= 15 is 0 Å². The SMILES string of the molecule is Cc1ccc([C@](C)(O)C2CC2)cc1F. The quantitative estimate of drug-likeness (QED) is 0.767. The van der Waals surface area contributed by atoms with Gasteiger partial charge in [0, 0.05) is 0 Å². The molecule has 0 bridgehead atoms. The highest BCUT2D eigenvalue weighted by molar-refractivity contribution is 5.29. The smallest absolute Gasteiger partial charge is 0.126 e. The molecule has 1 N–H and O–H groups in total. The van der Waals surface area contributed by atoms with Gasteiger partial charge in [0.1, 0.15) is 5.82 Å². The van der Waals surface area contributed by atoms with Crippen LogP contribution in [0.1, 0.15) is 30.9 Å². The van der Waals surface area contributed by atoms with Gasteiger partial charge in [-0.2, -0.15) is 0 Å². The number of benzene rings is 1. The maximum absolute atomic E-state index is 13.3. The Kier molecular flexibility index (Phi) is 2.11. The fourth-order valence-corrected chi connectivity index (χ4v) is 1.79. The van der Waals surface area contributed by atoms with Crippen molar-refractivity contribution in [3.63, 3.8) is 0 Å². The summed E-state index contributed by atoms with van der Waals surface area (Å²) in [5.74, 6) is 0.0769. The van der Waals surface area contributed by atoms with E-state index in [0.29, 0.717) is 17.0 Å².